The monoisotopic (exact) mass is 896 g/mol. The lowest BCUT2D eigenvalue weighted by atomic mass is 9.90. The number of aliphatic hydroxyl groups excluding tert-OH is 2. The van der Waals surface area contributed by atoms with Gasteiger partial charge in [-0.2, -0.15) is 0 Å². The van der Waals surface area contributed by atoms with E-state index in [0.717, 1.165) is 95.0 Å². The third kappa shape index (κ3) is 23.9. The SMILES string of the molecule is CCCCC[C@H](O)/C=C/[C@H]1C(=O)C[C@H](O)[C@@H]1C/C=C\CCCC(=O)OC[C@H](COP(=O)([O-])OCC[N+](C)(C)C)OC(=O)CCCCCCCCCCc1oc(CCC)c(C)c1C. The minimum atomic E-state index is -4.70. The number of quaternary nitrogens is 1. The molecular weight excluding hydrogens is 813 g/mol. The normalized spacial score (nSPS) is 19.1. The van der Waals surface area contributed by atoms with Crippen molar-refractivity contribution >= 4 is 25.5 Å². The topological polar surface area (TPSA) is 182 Å². The highest BCUT2D eigenvalue weighted by atomic mass is 31.2. The molecule has 356 valence electrons. The van der Waals surface area contributed by atoms with Gasteiger partial charge in [-0.25, -0.2) is 0 Å². The van der Waals surface area contributed by atoms with Gasteiger partial charge in [0.25, 0.3) is 7.82 Å². The van der Waals surface area contributed by atoms with Gasteiger partial charge in [0, 0.05) is 43.9 Å². The largest absolute Gasteiger partial charge is 0.756 e. The molecule has 6 atom stereocenters. The Kier molecular flexibility index (Phi) is 27.3. The maximum Gasteiger partial charge on any atom is 0.306 e. The second-order valence-electron chi connectivity index (χ2n) is 18.1. The zero-order valence-corrected chi connectivity index (χ0v) is 40.1. The molecule has 1 saturated carbocycles. The number of aliphatic hydroxyl groups is 2. The summed E-state index contributed by atoms with van der Waals surface area (Å²) >= 11 is 0. The quantitative estimate of drug-likeness (QED) is 0.0218. The van der Waals surface area contributed by atoms with Gasteiger partial charge in [-0.3, -0.25) is 18.9 Å². The Bertz CT molecular complexity index is 1550. The summed E-state index contributed by atoms with van der Waals surface area (Å²) in [7, 11) is 0.996. The lowest BCUT2D eigenvalue weighted by Gasteiger charge is -2.28. The molecule has 1 aromatic rings. The number of likely N-dealkylation sites (N-methyl/N-ethyl adjacent to an activating group) is 1. The number of carbonyl (C=O) groups excluding carboxylic acids is 3. The number of phosphoric ester groups is 1. The molecule has 2 N–H and O–H groups in total. The van der Waals surface area contributed by atoms with Crippen molar-refractivity contribution in [3.8, 4) is 0 Å². The third-order valence-electron chi connectivity index (χ3n) is 11.5. The summed E-state index contributed by atoms with van der Waals surface area (Å²) in [6.45, 7) is 8.01. The molecule has 0 bridgehead atoms. The number of rotatable bonds is 35. The van der Waals surface area contributed by atoms with E-state index < -0.39 is 50.6 Å². The molecule has 1 aliphatic rings. The summed E-state index contributed by atoms with van der Waals surface area (Å²) in [6.07, 6.45) is 21.4. The minimum Gasteiger partial charge on any atom is -0.756 e. The summed E-state index contributed by atoms with van der Waals surface area (Å²) in [4.78, 5) is 50.4. The number of aryl methyl sites for hydroxylation is 2. The third-order valence-corrected chi connectivity index (χ3v) is 12.5. The molecule has 0 saturated heterocycles. The van der Waals surface area contributed by atoms with Crippen molar-refractivity contribution in [1.29, 1.82) is 0 Å². The predicted octanol–water partition coefficient (Wildman–Crippen LogP) is 8.75. The number of furan rings is 1. The predicted molar refractivity (Wildman–Crippen MR) is 240 cm³/mol. The Morgan fingerprint density at radius 3 is 2.16 bits per heavy atom. The van der Waals surface area contributed by atoms with Crippen molar-refractivity contribution in [2.75, 3.05) is 47.5 Å². The van der Waals surface area contributed by atoms with E-state index in [1.165, 1.54) is 11.1 Å². The highest BCUT2D eigenvalue weighted by molar-refractivity contribution is 7.45. The van der Waals surface area contributed by atoms with Crippen LogP contribution in [-0.4, -0.2) is 98.2 Å². The Balaban J connectivity index is 1.75. The number of unbranched alkanes of at least 4 members (excludes halogenated alkanes) is 10. The molecule has 0 amide bonds. The molecule has 62 heavy (non-hydrogen) atoms. The van der Waals surface area contributed by atoms with Crippen LogP contribution in [0.2, 0.25) is 0 Å². The van der Waals surface area contributed by atoms with Crippen LogP contribution >= 0.6 is 7.82 Å². The van der Waals surface area contributed by atoms with Crippen LogP contribution < -0.4 is 4.89 Å². The summed E-state index contributed by atoms with van der Waals surface area (Å²) < 4.78 is 40.0. The van der Waals surface area contributed by atoms with Crippen LogP contribution in [0.25, 0.3) is 0 Å². The van der Waals surface area contributed by atoms with Gasteiger partial charge in [-0.05, 0) is 69.9 Å². The lowest BCUT2D eigenvalue weighted by Crippen LogP contribution is -2.37. The second kappa shape index (κ2) is 30.5. The molecule has 1 unspecified atom stereocenters. The maximum absolute atomic E-state index is 12.8. The van der Waals surface area contributed by atoms with E-state index in [4.69, 9.17) is 22.9 Å². The maximum atomic E-state index is 12.8. The number of nitrogens with zero attached hydrogens (tertiary/aromatic N) is 1. The van der Waals surface area contributed by atoms with Crippen molar-refractivity contribution in [3.63, 3.8) is 0 Å². The van der Waals surface area contributed by atoms with Crippen LogP contribution in [0.3, 0.4) is 0 Å². The van der Waals surface area contributed by atoms with Gasteiger partial charge in [-0.1, -0.05) is 95.9 Å². The standard InChI is InChI=1S/C48H82NO12P/c1-8-10-19-25-39(50)30-31-42-41(43(51)34-44(42)52)26-20-17-18-22-28-47(53)57-35-40(36-59-62(55,56)58-33-32-49(5,6)7)60-48(54)29-23-16-14-12-11-13-15-21-27-46-38(4)37(3)45(61-46)24-9-2/h17,20,30-31,39-43,50-51H,8-16,18-19,21-29,32-36H2,1-7H3/b20-17-,31-30+/t39-,40+,41+,42+,43-/m0/s1. The van der Waals surface area contributed by atoms with Gasteiger partial charge in [0.15, 0.2) is 6.10 Å². The summed E-state index contributed by atoms with van der Waals surface area (Å²) in [5.74, 6) is 0.451. The number of esters is 2. The zero-order chi connectivity index (χ0) is 46.0. The van der Waals surface area contributed by atoms with Crippen LogP contribution in [0.4, 0.5) is 0 Å². The van der Waals surface area contributed by atoms with Crippen molar-refractivity contribution < 1.29 is 61.5 Å². The Morgan fingerprint density at radius 2 is 1.50 bits per heavy atom. The van der Waals surface area contributed by atoms with Crippen molar-refractivity contribution in [2.24, 2.45) is 11.8 Å². The molecular formula is C48H82NO12P. The van der Waals surface area contributed by atoms with Crippen molar-refractivity contribution in [3.05, 3.63) is 47.0 Å². The van der Waals surface area contributed by atoms with E-state index in [-0.39, 0.29) is 44.2 Å². The van der Waals surface area contributed by atoms with E-state index >= 15 is 0 Å². The number of hydrogen-bond acceptors (Lipinski definition) is 12. The summed E-state index contributed by atoms with van der Waals surface area (Å²) in [5.41, 5.74) is 2.59. The van der Waals surface area contributed by atoms with Crippen molar-refractivity contribution in [2.45, 2.75) is 181 Å². The second-order valence-corrected chi connectivity index (χ2v) is 19.5. The number of carbonyl (C=O) groups is 3. The average molecular weight is 896 g/mol. The van der Waals surface area contributed by atoms with Crippen LogP contribution in [0.15, 0.2) is 28.7 Å². The number of phosphoric acid groups is 1. The minimum absolute atomic E-state index is 0.0315. The number of allylic oxidation sites excluding steroid dienone is 3. The molecule has 14 heteroatoms. The Labute approximate surface area is 373 Å². The van der Waals surface area contributed by atoms with Gasteiger partial charge < -0.3 is 42.5 Å². The number of ketones is 1. The van der Waals surface area contributed by atoms with E-state index in [2.05, 4.69) is 27.7 Å². The molecule has 2 rings (SSSR count). The molecule has 0 aliphatic heterocycles. The van der Waals surface area contributed by atoms with Gasteiger partial charge in [0.2, 0.25) is 0 Å². The van der Waals surface area contributed by atoms with E-state index in [1.54, 1.807) is 12.2 Å². The molecule has 1 aliphatic carbocycles. The summed E-state index contributed by atoms with van der Waals surface area (Å²) in [6, 6.07) is 0. The van der Waals surface area contributed by atoms with Gasteiger partial charge >= 0.3 is 11.9 Å². The highest BCUT2D eigenvalue weighted by Crippen LogP contribution is 2.38. The van der Waals surface area contributed by atoms with Gasteiger partial charge in [0.05, 0.1) is 40.0 Å². The van der Waals surface area contributed by atoms with Crippen LogP contribution in [0, 0.1) is 25.7 Å². The smallest absolute Gasteiger partial charge is 0.306 e. The fourth-order valence-corrected chi connectivity index (χ4v) is 8.23. The molecule has 13 nitrogen and oxygen atoms in total. The first kappa shape index (κ1) is 55.5. The van der Waals surface area contributed by atoms with Crippen molar-refractivity contribution in [1.82, 2.24) is 0 Å². The van der Waals surface area contributed by atoms with Gasteiger partial charge in [0.1, 0.15) is 37.1 Å². The molecule has 0 radical (unpaired) electrons. The average Bonchev–Trinajstić information content (AvgIpc) is 3.63. The molecule has 1 aromatic heterocycles. The number of Topliss-reactive ketones (excluding diaryl/α,β-unsaturated/α-hetero) is 1. The Hall–Kier alpha value is -2.64. The van der Waals surface area contributed by atoms with E-state index in [1.807, 2.05) is 33.3 Å². The molecule has 0 spiro atoms. The first-order valence-corrected chi connectivity index (χ1v) is 25.0. The number of ether oxygens (including phenoxy) is 2. The molecule has 1 heterocycles. The van der Waals surface area contributed by atoms with Crippen LogP contribution in [0.5, 0.6) is 0 Å². The van der Waals surface area contributed by atoms with E-state index in [0.29, 0.717) is 43.1 Å². The molecule has 1 fully saturated rings. The first-order chi connectivity index (χ1) is 29.5. The number of hydrogen-bond donors (Lipinski definition) is 2. The van der Waals surface area contributed by atoms with Gasteiger partial charge in [-0.15, -0.1) is 0 Å². The molecule has 0 aromatic carbocycles. The summed E-state index contributed by atoms with van der Waals surface area (Å²) in [5, 5.41) is 20.8. The zero-order valence-electron chi connectivity index (χ0n) is 39.2. The van der Waals surface area contributed by atoms with Crippen LogP contribution in [0.1, 0.15) is 158 Å². The van der Waals surface area contributed by atoms with E-state index in [9.17, 15) is 34.1 Å². The lowest BCUT2D eigenvalue weighted by molar-refractivity contribution is -0.870. The Morgan fingerprint density at radius 1 is 0.855 bits per heavy atom. The highest BCUT2D eigenvalue weighted by Gasteiger charge is 2.39. The van der Waals surface area contributed by atoms with Crippen LogP contribution in [-0.2, 0) is 50.3 Å². The first-order valence-electron chi connectivity index (χ1n) is 23.5. The fourth-order valence-electron chi connectivity index (χ4n) is 7.51. The fraction of sp³-hybridized carbons (Fsp3) is 0.771.